The molecule has 32 heavy (non-hydrogen) atoms. The van der Waals surface area contributed by atoms with Gasteiger partial charge in [-0.25, -0.2) is 12.8 Å². The molecule has 0 spiro atoms. The highest BCUT2D eigenvalue weighted by atomic mass is 32.2. The van der Waals surface area contributed by atoms with Gasteiger partial charge in [0.15, 0.2) is 0 Å². The van der Waals surface area contributed by atoms with Crippen LogP contribution in [0.15, 0.2) is 72.8 Å². The number of amides is 2. The number of nitrogens with zero attached hydrogens (tertiary/aromatic N) is 2. The molecule has 0 saturated carbocycles. The maximum Gasteiger partial charge on any atom is 0.258 e. The molecule has 164 valence electrons. The SMILES string of the molecule is CS(=O)(=O)N(Cc1ccc(F)cc1)c1ccc(C(=O)N2CC(=O)Nc3ccccc32)cc1. The Morgan fingerprint density at radius 3 is 2.34 bits per heavy atom. The van der Waals surface area contributed by atoms with Gasteiger partial charge in [-0.05, 0) is 54.1 Å². The van der Waals surface area contributed by atoms with Crippen LogP contribution in [-0.4, -0.2) is 33.0 Å². The lowest BCUT2D eigenvalue weighted by Crippen LogP contribution is -2.42. The zero-order valence-corrected chi connectivity index (χ0v) is 18.0. The van der Waals surface area contributed by atoms with Crippen molar-refractivity contribution in [2.24, 2.45) is 0 Å². The van der Waals surface area contributed by atoms with Crippen LogP contribution in [0.5, 0.6) is 0 Å². The summed E-state index contributed by atoms with van der Waals surface area (Å²) in [6, 6.07) is 18.7. The van der Waals surface area contributed by atoms with E-state index in [0.29, 0.717) is 28.2 Å². The second-order valence-corrected chi connectivity index (χ2v) is 9.31. The molecular weight excluding hydrogens is 433 g/mol. The number of para-hydroxylation sites is 2. The molecule has 0 unspecified atom stereocenters. The van der Waals surface area contributed by atoms with E-state index in [0.717, 1.165) is 6.26 Å². The summed E-state index contributed by atoms with van der Waals surface area (Å²) in [5.74, 6) is -1.07. The van der Waals surface area contributed by atoms with Crippen LogP contribution in [0.25, 0.3) is 0 Å². The van der Waals surface area contributed by atoms with Crippen molar-refractivity contribution >= 4 is 38.9 Å². The summed E-state index contributed by atoms with van der Waals surface area (Å²) in [4.78, 5) is 26.5. The summed E-state index contributed by atoms with van der Waals surface area (Å²) in [6.45, 7) is -0.0935. The monoisotopic (exact) mass is 453 g/mol. The maximum absolute atomic E-state index is 13.2. The lowest BCUT2D eigenvalue weighted by molar-refractivity contribution is -0.115. The summed E-state index contributed by atoms with van der Waals surface area (Å²) in [6.07, 6.45) is 1.08. The third-order valence-electron chi connectivity index (χ3n) is 5.06. The fraction of sp³-hybridized carbons (Fsp3) is 0.130. The van der Waals surface area contributed by atoms with E-state index in [1.54, 1.807) is 24.3 Å². The van der Waals surface area contributed by atoms with Gasteiger partial charge in [-0.3, -0.25) is 18.8 Å². The Balaban J connectivity index is 1.61. The van der Waals surface area contributed by atoms with Crippen molar-refractivity contribution in [1.29, 1.82) is 0 Å². The van der Waals surface area contributed by atoms with Gasteiger partial charge in [0.2, 0.25) is 15.9 Å². The fourth-order valence-corrected chi connectivity index (χ4v) is 4.38. The Morgan fingerprint density at radius 1 is 1.03 bits per heavy atom. The Hall–Kier alpha value is -3.72. The molecule has 1 aliphatic rings. The molecule has 9 heteroatoms. The van der Waals surface area contributed by atoms with E-state index in [2.05, 4.69) is 5.32 Å². The van der Waals surface area contributed by atoms with E-state index in [-0.39, 0.29) is 24.9 Å². The summed E-state index contributed by atoms with van der Waals surface area (Å²) in [5, 5.41) is 2.73. The normalized spacial score (nSPS) is 13.3. The number of anilines is 3. The third kappa shape index (κ3) is 4.47. The summed E-state index contributed by atoms with van der Waals surface area (Å²) < 4.78 is 39.1. The van der Waals surface area contributed by atoms with E-state index in [1.165, 1.54) is 57.7 Å². The molecule has 2 amide bonds. The van der Waals surface area contributed by atoms with Gasteiger partial charge in [0.05, 0.1) is 29.9 Å². The van der Waals surface area contributed by atoms with Gasteiger partial charge < -0.3 is 5.32 Å². The molecule has 0 aromatic heterocycles. The second kappa shape index (κ2) is 8.43. The van der Waals surface area contributed by atoms with E-state index >= 15 is 0 Å². The summed E-state index contributed by atoms with van der Waals surface area (Å²) >= 11 is 0. The van der Waals surface area contributed by atoms with Crippen molar-refractivity contribution in [3.05, 3.63) is 89.7 Å². The topological polar surface area (TPSA) is 86.8 Å². The number of rotatable bonds is 5. The largest absolute Gasteiger partial charge is 0.323 e. The molecule has 1 N–H and O–H groups in total. The molecule has 0 radical (unpaired) electrons. The molecule has 3 aromatic rings. The van der Waals surface area contributed by atoms with E-state index in [1.807, 2.05) is 0 Å². The molecule has 0 atom stereocenters. The van der Waals surface area contributed by atoms with Crippen LogP contribution in [0.4, 0.5) is 21.5 Å². The smallest absolute Gasteiger partial charge is 0.258 e. The van der Waals surface area contributed by atoms with Crippen molar-refractivity contribution in [1.82, 2.24) is 0 Å². The van der Waals surface area contributed by atoms with Gasteiger partial charge in [0.1, 0.15) is 12.4 Å². The molecule has 7 nitrogen and oxygen atoms in total. The van der Waals surface area contributed by atoms with Crippen LogP contribution >= 0.6 is 0 Å². The Bertz CT molecular complexity index is 1280. The average molecular weight is 453 g/mol. The Labute approximate surface area is 185 Å². The van der Waals surface area contributed by atoms with Gasteiger partial charge in [0, 0.05) is 5.56 Å². The highest BCUT2D eigenvalue weighted by molar-refractivity contribution is 7.92. The van der Waals surface area contributed by atoms with Crippen LogP contribution in [0.2, 0.25) is 0 Å². The molecule has 3 aromatic carbocycles. The molecule has 0 saturated heterocycles. The molecule has 1 aliphatic heterocycles. The number of benzene rings is 3. The summed E-state index contributed by atoms with van der Waals surface area (Å²) in [5.41, 5.74) is 2.44. The number of nitrogens with one attached hydrogen (secondary N) is 1. The van der Waals surface area contributed by atoms with Gasteiger partial charge >= 0.3 is 0 Å². The quantitative estimate of drug-likeness (QED) is 0.642. The van der Waals surface area contributed by atoms with E-state index in [9.17, 15) is 22.4 Å². The first-order chi connectivity index (χ1) is 15.2. The molecule has 1 heterocycles. The first-order valence-electron chi connectivity index (χ1n) is 9.75. The standard InChI is InChI=1S/C23H20FN3O4S/c1-32(30,31)27(14-16-6-10-18(24)11-7-16)19-12-8-17(9-13-19)23(29)26-15-22(28)25-20-4-2-3-5-21(20)26/h2-13H,14-15H2,1H3,(H,25,28). The van der Waals surface area contributed by atoms with Gasteiger partial charge in [0.25, 0.3) is 5.91 Å². The maximum atomic E-state index is 13.2. The minimum atomic E-state index is -3.64. The molecule has 0 fully saturated rings. The number of hydrogen-bond acceptors (Lipinski definition) is 4. The molecule has 4 rings (SSSR count). The molecule has 0 aliphatic carbocycles. The minimum absolute atomic E-state index is 0.0199. The van der Waals surface area contributed by atoms with E-state index < -0.39 is 15.8 Å². The van der Waals surface area contributed by atoms with Gasteiger partial charge in [-0.15, -0.1) is 0 Å². The van der Waals surface area contributed by atoms with Crippen molar-refractivity contribution < 1.29 is 22.4 Å². The van der Waals surface area contributed by atoms with Crippen LogP contribution in [-0.2, 0) is 21.4 Å². The van der Waals surface area contributed by atoms with Crippen LogP contribution < -0.4 is 14.5 Å². The Kier molecular flexibility index (Phi) is 5.67. The number of fused-ring (bicyclic) bond motifs is 1. The number of hydrogen-bond donors (Lipinski definition) is 1. The molecular formula is C23H20FN3O4S. The van der Waals surface area contributed by atoms with Crippen molar-refractivity contribution in [2.45, 2.75) is 6.54 Å². The predicted octanol–water partition coefficient (Wildman–Crippen LogP) is 3.39. The van der Waals surface area contributed by atoms with Crippen molar-refractivity contribution in [3.8, 4) is 0 Å². The lowest BCUT2D eigenvalue weighted by Gasteiger charge is -2.29. The van der Waals surface area contributed by atoms with Crippen LogP contribution in [0.1, 0.15) is 15.9 Å². The number of carbonyl (C=O) groups is 2. The summed E-state index contributed by atoms with van der Waals surface area (Å²) in [7, 11) is -3.64. The highest BCUT2D eigenvalue weighted by Crippen LogP contribution is 2.30. The van der Waals surface area contributed by atoms with Crippen LogP contribution in [0, 0.1) is 5.82 Å². The van der Waals surface area contributed by atoms with Gasteiger partial charge in [-0.2, -0.15) is 0 Å². The molecule has 0 bridgehead atoms. The predicted molar refractivity (Wildman–Crippen MR) is 121 cm³/mol. The van der Waals surface area contributed by atoms with Crippen LogP contribution in [0.3, 0.4) is 0 Å². The first kappa shape index (κ1) is 21.5. The Morgan fingerprint density at radius 2 is 1.69 bits per heavy atom. The zero-order chi connectivity index (χ0) is 22.9. The van der Waals surface area contributed by atoms with Gasteiger partial charge in [-0.1, -0.05) is 24.3 Å². The highest BCUT2D eigenvalue weighted by Gasteiger charge is 2.27. The first-order valence-corrected chi connectivity index (χ1v) is 11.6. The number of sulfonamides is 1. The number of carbonyl (C=O) groups excluding carboxylic acids is 2. The lowest BCUT2D eigenvalue weighted by atomic mass is 10.1. The zero-order valence-electron chi connectivity index (χ0n) is 17.2. The number of halogens is 1. The van der Waals surface area contributed by atoms with Crippen molar-refractivity contribution in [3.63, 3.8) is 0 Å². The second-order valence-electron chi connectivity index (χ2n) is 7.40. The minimum Gasteiger partial charge on any atom is -0.323 e. The third-order valence-corrected chi connectivity index (χ3v) is 6.20. The van der Waals surface area contributed by atoms with E-state index in [4.69, 9.17) is 0 Å². The average Bonchev–Trinajstić information content (AvgIpc) is 2.77. The fourth-order valence-electron chi connectivity index (χ4n) is 3.50. The van der Waals surface area contributed by atoms with Crippen molar-refractivity contribution in [2.75, 3.05) is 27.3 Å².